The number of nitrogens with zero attached hydrogens (tertiary/aromatic N) is 3. The number of aliphatic imine (C=N–C) groups is 1. The molecule has 1 aliphatic rings. The minimum Gasteiger partial charge on any atom is -0.354 e. The largest absolute Gasteiger partial charge is 0.354 e. The lowest BCUT2D eigenvalue weighted by Gasteiger charge is -2.35. The van der Waals surface area contributed by atoms with Gasteiger partial charge in [-0.2, -0.15) is 5.10 Å². The Morgan fingerprint density at radius 2 is 1.88 bits per heavy atom. The summed E-state index contributed by atoms with van der Waals surface area (Å²) in [6.45, 7) is 9.89. The Morgan fingerprint density at radius 3 is 2.40 bits per heavy atom. The maximum absolute atomic E-state index is 4.65. The highest BCUT2D eigenvalue weighted by Gasteiger charge is 2.27. The Morgan fingerprint density at radius 1 is 1.24 bits per heavy atom. The van der Waals surface area contributed by atoms with E-state index in [1.54, 1.807) is 0 Å². The van der Waals surface area contributed by atoms with Crippen molar-refractivity contribution in [2.45, 2.75) is 78.8 Å². The lowest BCUT2D eigenvalue weighted by Crippen LogP contribution is -2.45. The van der Waals surface area contributed by atoms with Gasteiger partial charge in [-0.25, -0.2) is 0 Å². The second kappa shape index (κ2) is 9.78. The van der Waals surface area contributed by atoms with Crippen LogP contribution in [0, 0.1) is 5.41 Å². The van der Waals surface area contributed by atoms with Crippen molar-refractivity contribution in [1.82, 2.24) is 20.4 Å². The summed E-state index contributed by atoms with van der Waals surface area (Å²) in [6.07, 6.45) is 6.98. The number of aromatic nitrogens is 2. The first-order chi connectivity index (χ1) is 11.4. The van der Waals surface area contributed by atoms with Crippen LogP contribution < -0.4 is 10.6 Å². The van der Waals surface area contributed by atoms with Crippen molar-refractivity contribution >= 4 is 29.9 Å². The van der Waals surface area contributed by atoms with Gasteiger partial charge in [-0.15, -0.1) is 24.0 Å². The molecule has 5 nitrogen and oxygen atoms in total. The van der Waals surface area contributed by atoms with Crippen LogP contribution in [0.25, 0.3) is 0 Å². The number of aryl methyl sites for hydroxylation is 2. The number of hydrogen-bond donors (Lipinski definition) is 2. The molecule has 0 aromatic carbocycles. The summed E-state index contributed by atoms with van der Waals surface area (Å²) in [7, 11) is 3.89. The molecule has 1 aliphatic carbocycles. The molecule has 6 heteroatoms. The smallest absolute Gasteiger partial charge is 0.191 e. The molecule has 1 aromatic rings. The number of guanidine groups is 1. The zero-order valence-corrected chi connectivity index (χ0v) is 19.1. The SMILES string of the molecule is CCc1nn(C)c(CC)c1CNC(=NC)NC1CCC(C)(C)CC1.I. The fraction of sp³-hybridized carbons (Fsp3) is 0.789. The first kappa shape index (κ1) is 22.3. The van der Waals surface area contributed by atoms with Crippen molar-refractivity contribution in [3.63, 3.8) is 0 Å². The molecule has 1 heterocycles. The third-order valence-corrected chi connectivity index (χ3v) is 5.36. The molecule has 0 bridgehead atoms. The van der Waals surface area contributed by atoms with Crippen molar-refractivity contribution in [2.24, 2.45) is 17.5 Å². The Bertz CT molecular complexity index is 567. The molecule has 25 heavy (non-hydrogen) atoms. The van der Waals surface area contributed by atoms with Gasteiger partial charge in [0, 0.05) is 37.9 Å². The number of nitrogens with one attached hydrogen (secondary N) is 2. The van der Waals surface area contributed by atoms with Crippen LogP contribution in [0.4, 0.5) is 0 Å². The van der Waals surface area contributed by atoms with E-state index in [9.17, 15) is 0 Å². The lowest BCUT2D eigenvalue weighted by molar-refractivity contribution is 0.216. The molecular weight excluding hydrogens is 425 g/mol. The zero-order valence-electron chi connectivity index (χ0n) is 16.8. The van der Waals surface area contributed by atoms with Gasteiger partial charge in [0.15, 0.2) is 5.96 Å². The Hall–Kier alpha value is -0.790. The van der Waals surface area contributed by atoms with E-state index in [0.29, 0.717) is 11.5 Å². The monoisotopic (exact) mass is 461 g/mol. The van der Waals surface area contributed by atoms with Crippen LogP contribution in [-0.4, -0.2) is 28.8 Å². The highest BCUT2D eigenvalue weighted by Crippen LogP contribution is 2.34. The maximum atomic E-state index is 4.65. The molecule has 1 aromatic heterocycles. The van der Waals surface area contributed by atoms with Crippen LogP contribution in [0.5, 0.6) is 0 Å². The molecule has 0 saturated heterocycles. The predicted molar refractivity (Wildman–Crippen MR) is 117 cm³/mol. The molecule has 144 valence electrons. The van der Waals surface area contributed by atoms with Gasteiger partial charge in [0.25, 0.3) is 0 Å². The summed E-state index contributed by atoms with van der Waals surface area (Å²) >= 11 is 0. The summed E-state index contributed by atoms with van der Waals surface area (Å²) in [5, 5.41) is 11.8. The highest BCUT2D eigenvalue weighted by atomic mass is 127. The van der Waals surface area contributed by atoms with Crippen LogP contribution in [0.3, 0.4) is 0 Å². The summed E-state index contributed by atoms with van der Waals surface area (Å²) in [5.41, 5.74) is 4.33. The summed E-state index contributed by atoms with van der Waals surface area (Å²) in [5.74, 6) is 0.910. The molecule has 0 amide bonds. The molecule has 1 fully saturated rings. The summed E-state index contributed by atoms with van der Waals surface area (Å²) in [4.78, 5) is 4.42. The van der Waals surface area contributed by atoms with Crippen molar-refractivity contribution in [3.8, 4) is 0 Å². The third kappa shape index (κ3) is 5.86. The predicted octanol–water partition coefficient (Wildman–Crippen LogP) is 3.80. The molecular formula is C19H36IN5. The maximum Gasteiger partial charge on any atom is 0.191 e. The average Bonchev–Trinajstić information content (AvgIpc) is 2.87. The standard InChI is InChI=1S/C19H35N5.HI/c1-7-16-15(17(8-2)24(6)23-16)13-21-18(20-5)22-14-9-11-19(3,4)12-10-14;/h14H,7-13H2,1-6H3,(H2,20,21,22);1H. The van der Waals surface area contributed by atoms with Crippen molar-refractivity contribution < 1.29 is 0 Å². The minimum absolute atomic E-state index is 0. The number of hydrogen-bond acceptors (Lipinski definition) is 2. The Labute approximate surface area is 170 Å². The van der Waals surface area contributed by atoms with Gasteiger partial charge >= 0.3 is 0 Å². The molecule has 0 spiro atoms. The molecule has 0 radical (unpaired) electrons. The molecule has 2 N–H and O–H groups in total. The van der Waals surface area contributed by atoms with E-state index in [2.05, 4.69) is 48.4 Å². The average molecular weight is 461 g/mol. The van der Waals surface area contributed by atoms with Gasteiger partial charge in [0.05, 0.1) is 5.69 Å². The fourth-order valence-corrected chi connectivity index (χ4v) is 3.70. The van der Waals surface area contributed by atoms with Crippen LogP contribution in [0.2, 0.25) is 0 Å². The van der Waals surface area contributed by atoms with E-state index in [4.69, 9.17) is 0 Å². The van der Waals surface area contributed by atoms with Gasteiger partial charge in [0.2, 0.25) is 0 Å². The first-order valence-electron chi connectivity index (χ1n) is 9.41. The zero-order chi connectivity index (χ0) is 17.7. The Balaban J connectivity index is 0.00000312. The van der Waals surface area contributed by atoms with Crippen LogP contribution >= 0.6 is 24.0 Å². The van der Waals surface area contributed by atoms with Gasteiger partial charge in [0.1, 0.15) is 0 Å². The number of rotatable bonds is 5. The van der Waals surface area contributed by atoms with Crippen molar-refractivity contribution in [3.05, 3.63) is 17.0 Å². The van der Waals surface area contributed by atoms with Gasteiger partial charge in [-0.3, -0.25) is 9.67 Å². The van der Waals surface area contributed by atoms with Gasteiger partial charge in [-0.1, -0.05) is 27.7 Å². The van der Waals surface area contributed by atoms with E-state index >= 15 is 0 Å². The van der Waals surface area contributed by atoms with Crippen LogP contribution in [0.15, 0.2) is 4.99 Å². The summed E-state index contributed by atoms with van der Waals surface area (Å²) < 4.78 is 2.02. The molecule has 2 rings (SSSR count). The molecule has 0 atom stereocenters. The summed E-state index contributed by atoms with van der Waals surface area (Å²) in [6, 6.07) is 0.536. The normalized spacial score (nSPS) is 17.9. The molecule has 0 aliphatic heterocycles. The fourth-order valence-electron chi connectivity index (χ4n) is 3.70. The van der Waals surface area contributed by atoms with Crippen molar-refractivity contribution in [2.75, 3.05) is 7.05 Å². The first-order valence-corrected chi connectivity index (χ1v) is 9.41. The highest BCUT2D eigenvalue weighted by molar-refractivity contribution is 14.0. The second-order valence-electron chi connectivity index (χ2n) is 7.71. The van der Waals surface area contributed by atoms with E-state index < -0.39 is 0 Å². The van der Waals surface area contributed by atoms with E-state index in [1.165, 1.54) is 42.6 Å². The van der Waals surface area contributed by atoms with E-state index in [0.717, 1.165) is 25.3 Å². The number of halogens is 1. The van der Waals surface area contributed by atoms with Crippen LogP contribution in [-0.2, 0) is 26.4 Å². The molecule has 1 saturated carbocycles. The van der Waals surface area contributed by atoms with Crippen molar-refractivity contribution in [1.29, 1.82) is 0 Å². The van der Waals surface area contributed by atoms with Gasteiger partial charge < -0.3 is 10.6 Å². The molecule has 0 unspecified atom stereocenters. The third-order valence-electron chi connectivity index (χ3n) is 5.36. The lowest BCUT2D eigenvalue weighted by atomic mass is 9.75. The topological polar surface area (TPSA) is 54.2 Å². The minimum atomic E-state index is 0. The van der Waals surface area contributed by atoms with E-state index in [-0.39, 0.29) is 24.0 Å². The van der Waals surface area contributed by atoms with Crippen LogP contribution in [0.1, 0.15) is 70.3 Å². The van der Waals surface area contributed by atoms with Gasteiger partial charge in [-0.05, 0) is 43.9 Å². The van der Waals surface area contributed by atoms with E-state index in [1.807, 2.05) is 18.8 Å². The Kier molecular flexibility index (Phi) is 8.71. The quantitative estimate of drug-likeness (QED) is 0.399. The second-order valence-corrected chi connectivity index (χ2v) is 7.71.